The van der Waals surface area contributed by atoms with Crippen LogP contribution in [0.1, 0.15) is 72.9 Å². The standard InChI is InChI=1S/C19H24N6O2/c1-12-8-13(9-20)10-21-17(12)18(26)22-14-6-4-5-7-15(14)25-11-16(23-24-25)19(2,3)27/h8,10-11,14-15,27H,4-7H2,1-3H3,(H,22,26)/t14-,15+/m0/s1. The van der Waals surface area contributed by atoms with Crippen LogP contribution in [-0.2, 0) is 5.60 Å². The van der Waals surface area contributed by atoms with Crippen molar-refractivity contribution in [3.05, 3.63) is 41.0 Å². The zero-order valence-electron chi connectivity index (χ0n) is 15.8. The van der Waals surface area contributed by atoms with E-state index < -0.39 is 5.60 Å². The Labute approximate surface area is 158 Å². The minimum Gasteiger partial charge on any atom is -0.384 e. The van der Waals surface area contributed by atoms with Gasteiger partial charge in [0, 0.05) is 6.20 Å². The molecule has 1 saturated carbocycles. The Morgan fingerprint density at radius 3 is 2.78 bits per heavy atom. The predicted molar refractivity (Wildman–Crippen MR) is 97.7 cm³/mol. The SMILES string of the molecule is Cc1cc(C#N)cnc1C(=O)N[C@H]1CCCC[C@H]1n1cc(C(C)(C)O)nn1. The van der Waals surface area contributed by atoms with Gasteiger partial charge in [-0.3, -0.25) is 4.79 Å². The first-order valence-electron chi connectivity index (χ1n) is 9.12. The van der Waals surface area contributed by atoms with Gasteiger partial charge in [-0.05, 0) is 45.2 Å². The van der Waals surface area contributed by atoms with Crippen LogP contribution < -0.4 is 5.32 Å². The molecular formula is C19H24N6O2. The van der Waals surface area contributed by atoms with Gasteiger partial charge in [-0.1, -0.05) is 18.1 Å². The molecule has 2 aromatic heterocycles. The number of nitrogens with zero attached hydrogens (tertiary/aromatic N) is 5. The van der Waals surface area contributed by atoms with Crippen LogP contribution in [-0.4, -0.2) is 37.0 Å². The van der Waals surface area contributed by atoms with Crippen molar-refractivity contribution in [1.82, 2.24) is 25.3 Å². The fourth-order valence-corrected chi connectivity index (χ4v) is 3.43. The van der Waals surface area contributed by atoms with Crippen LogP contribution in [0.3, 0.4) is 0 Å². The normalized spacial score (nSPS) is 20.1. The Bertz CT molecular complexity index is 877. The minimum atomic E-state index is -1.06. The lowest BCUT2D eigenvalue weighted by molar-refractivity contribution is 0.0735. The van der Waals surface area contributed by atoms with Crippen molar-refractivity contribution in [2.24, 2.45) is 0 Å². The molecule has 1 fully saturated rings. The molecule has 2 aromatic rings. The summed E-state index contributed by atoms with van der Waals surface area (Å²) >= 11 is 0. The molecule has 1 aliphatic rings. The van der Waals surface area contributed by atoms with Crippen molar-refractivity contribution in [2.45, 2.75) is 64.1 Å². The number of aliphatic hydroxyl groups is 1. The molecule has 0 aromatic carbocycles. The van der Waals surface area contributed by atoms with Crippen LogP contribution in [0.5, 0.6) is 0 Å². The van der Waals surface area contributed by atoms with Crippen LogP contribution >= 0.6 is 0 Å². The molecule has 0 saturated heterocycles. The molecule has 0 unspecified atom stereocenters. The first-order chi connectivity index (χ1) is 12.8. The topological polar surface area (TPSA) is 117 Å². The largest absolute Gasteiger partial charge is 0.384 e. The maximum Gasteiger partial charge on any atom is 0.270 e. The number of pyridine rings is 1. The second-order valence-electron chi connectivity index (χ2n) is 7.58. The van der Waals surface area contributed by atoms with Crippen molar-refractivity contribution in [2.75, 3.05) is 0 Å². The number of hydrogen-bond acceptors (Lipinski definition) is 6. The van der Waals surface area contributed by atoms with Crippen LogP contribution in [0.25, 0.3) is 0 Å². The van der Waals surface area contributed by atoms with E-state index in [4.69, 9.17) is 5.26 Å². The maximum absolute atomic E-state index is 12.7. The van der Waals surface area contributed by atoms with E-state index in [9.17, 15) is 9.90 Å². The summed E-state index contributed by atoms with van der Waals surface area (Å²) in [6, 6.07) is 3.56. The third-order valence-corrected chi connectivity index (χ3v) is 4.95. The van der Waals surface area contributed by atoms with Gasteiger partial charge in [0.15, 0.2) is 0 Å². The molecule has 27 heavy (non-hydrogen) atoms. The summed E-state index contributed by atoms with van der Waals surface area (Å²) in [7, 11) is 0. The fourth-order valence-electron chi connectivity index (χ4n) is 3.43. The molecule has 142 valence electrons. The number of nitriles is 1. The number of carbonyl (C=O) groups excluding carboxylic acids is 1. The van der Waals surface area contributed by atoms with Crippen molar-refractivity contribution >= 4 is 5.91 Å². The van der Waals surface area contributed by atoms with E-state index >= 15 is 0 Å². The van der Waals surface area contributed by atoms with Gasteiger partial charge in [0.1, 0.15) is 23.1 Å². The Balaban J connectivity index is 1.79. The molecule has 0 radical (unpaired) electrons. The Morgan fingerprint density at radius 1 is 1.41 bits per heavy atom. The first-order valence-corrected chi connectivity index (χ1v) is 9.12. The number of rotatable bonds is 4. The van der Waals surface area contributed by atoms with Gasteiger partial charge < -0.3 is 10.4 Å². The highest BCUT2D eigenvalue weighted by atomic mass is 16.3. The van der Waals surface area contributed by atoms with Gasteiger partial charge in [-0.25, -0.2) is 9.67 Å². The second kappa shape index (κ2) is 7.45. The summed E-state index contributed by atoms with van der Waals surface area (Å²) in [4.78, 5) is 16.9. The molecule has 0 bridgehead atoms. The van der Waals surface area contributed by atoms with E-state index in [-0.39, 0.29) is 18.0 Å². The van der Waals surface area contributed by atoms with Crippen molar-refractivity contribution in [1.29, 1.82) is 5.26 Å². The van der Waals surface area contributed by atoms with Gasteiger partial charge in [0.2, 0.25) is 0 Å². The van der Waals surface area contributed by atoms with Crippen LogP contribution in [0.15, 0.2) is 18.5 Å². The summed E-state index contributed by atoms with van der Waals surface area (Å²) < 4.78 is 1.75. The van der Waals surface area contributed by atoms with E-state index in [1.54, 1.807) is 37.7 Å². The third kappa shape index (κ3) is 4.14. The van der Waals surface area contributed by atoms with Gasteiger partial charge in [0.05, 0.1) is 23.8 Å². The number of aryl methyl sites for hydroxylation is 1. The van der Waals surface area contributed by atoms with Crippen LogP contribution in [0, 0.1) is 18.3 Å². The molecule has 0 aliphatic heterocycles. The number of hydrogen-bond donors (Lipinski definition) is 2. The lowest BCUT2D eigenvalue weighted by Gasteiger charge is -2.32. The minimum absolute atomic E-state index is 0.0232. The fraction of sp³-hybridized carbons (Fsp3) is 0.526. The van der Waals surface area contributed by atoms with E-state index in [0.29, 0.717) is 22.5 Å². The molecule has 0 spiro atoms. The lowest BCUT2D eigenvalue weighted by Crippen LogP contribution is -2.43. The van der Waals surface area contributed by atoms with Gasteiger partial charge >= 0.3 is 0 Å². The summed E-state index contributed by atoms with van der Waals surface area (Å²) in [6.07, 6.45) is 6.94. The predicted octanol–water partition coefficient (Wildman–Crippen LogP) is 1.99. The number of nitrogens with one attached hydrogen (secondary N) is 1. The lowest BCUT2D eigenvalue weighted by atomic mass is 9.90. The van der Waals surface area contributed by atoms with E-state index in [1.165, 1.54) is 6.20 Å². The highest BCUT2D eigenvalue weighted by molar-refractivity contribution is 5.93. The summed E-state index contributed by atoms with van der Waals surface area (Å²) in [5, 5.41) is 30.4. The maximum atomic E-state index is 12.7. The smallest absolute Gasteiger partial charge is 0.270 e. The monoisotopic (exact) mass is 368 g/mol. The molecule has 2 atom stereocenters. The molecule has 1 amide bonds. The Morgan fingerprint density at radius 2 is 2.15 bits per heavy atom. The van der Waals surface area contributed by atoms with E-state index in [2.05, 4.69) is 20.6 Å². The molecule has 1 aliphatic carbocycles. The number of aromatic nitrogens is 4. The Hall–Kier alpha value is -2.79. The molecule has 2 N–H and O–H groups in total. The van der Waals surface area contributed by atoms with Gasteiger partial charge in [0.25, 0.3) is 5.91 Å². The molecular weight excluding hydrogens is 344 g/mol. The van der Waals surface area contributed by atoms with Crippen molar-refractivity contribution in [3.63, 3.8) is 0 Å². The summed E-state index contributed by atoms with van der Waals surface area (Å²) in [6.45, 7) is 5.11. The van der Waals surface area contributed by atoms with Crippen molar-refractivity contribution < 1.29 is 9.90 Å². The van der Waals surface area contributed by atoms with Crippen molar-refractivity contribution in [3.8, 4) is 6.07 Å². The Kier molecular flexibility index (Phi) is 5.24. The molecule has 8 heteroatoms. The first kappa shape index (κ1) is 19.0. The average molecular weight is 368 g/mol. The van der Waals surface area contributed by atoms with E-state index in [0.717, 1.165) is 25.7 Å². The molecule has 2 heterocycles. The summed E-state index contributed by atoms with van der Waals surface area (Å²) in [5.74, 6) is -0.253. The zero-order valence-corrected chi connectivity index (χ0v) is 15.8. The average Bonchev–Trinajstić information content (AvgIpc) is 3.12. The second-order valence-corrected chi connectivity index (χ2v) is 7.58. The van der Waals surface area contributed by atoms with Gasteiger partial charge in [-0.2, -0.15) is 5.26 Å². The zero-order chi connectivity index (χ0) is 19.6. The highest BCUT2D eigenvalue weighted by Gasteiger charge is 2.31. The van der Waals surface area contributed by atoms with E-state index in [1.807, 2.05) is 6.07 Å². The number of amides is 1. The molecule has 3 rings (SSSR count). The quantitative estimate of drug-likeness (QED) is 0.852. The third-order valence-electron chi connectivity index (χ3n) is 4.95. The summed E-state index contributed by atoms with van der Waals surface area (Å²) in [5.41, 5.74) is 0.872. The van der Waals surface area contributed by atoms with Crippen LogP contribution in [0.2, 0.25) is 0 Å². The number of carbonyl (C=O) groups is 1. The van der Waals surface area contributed by atoms with Crippen LogP contribution in [0.4, 0.5) is 0 Å². The van der Waals surface area contributed by atoms with Gasteiger partial charge in [-0.15, -0.1) is 5.10 Å². The highest BCUT2D eigenvalue weighted by Crippen LogP contribution is 2.29. The molecule has 8 nitrogen and oxygen atoms in total.